The third kappa shape index (κ3) is 4.70. The van der Waals surface area contributed by atoms with Crippen LogP contribution in [0.1, 0.15) is 29.9 Å². The van der Waals surface area contributed by atoms with E-state index in [4.69, 9.17) is 11.6 Å². The maximum atomic E-state index is 12.2. The van der Waals surface area contributed by atoms with Crippen molar-refractivity contribution in [3.63, 3.8) is 0 Å². The summed E-state index contributed by atoms with van der Waals surface area (Å²) in [7, 11) is 0. The van der Waals surface area contributed by atoms with E-state index in [1.54, 1.807) is 30.3 Å². The van der Waals surface area contributed by atoms with Crippen LogP contribution in [0.2, 0.25) is 5.02 Å². The smallest absolute Gasteiger partial charge is 0.247 e. The fourth-order valence-corrected chi connectivity index (χ4v) is 2.95. The summed E-state index contributed by atoms with van der Waals surface area (Å²) in [5.74, 6) is 0.201. The van der Waals surface area contributed by atoms with Gasteiger partial charge in [0.1, 0.15) is 0 Å². The van der Waals surface area contributed by atoms with E-state index < -0.39 is 0 Å². The molecule has 0 bridgehead atoms. The molecule has 1 fully saturated rings. The third-order valence-electron chi connectivity index (χ3n) is 4.07. The van der Waals surface area contributed by atoms with E-state index in [0.29, 0.717) is 22.3 Å². The normalized spacial score (nSPS) is 13.2. The first-order chi connectivity index (χ1) is 12.0. The average molecular weight is 355 g/mol. The third-order valence-corrected chi connectivity index (χ3v) is 4.40. The van der Waals surface area contributed by atoms with Crippen LogP contribution in [-0.4, -0.2) is 11.8 Å². The molecule has 2 N–H and O–H groups in total. The Morgan fingerprint density at radius 2 is 1.76 bits per heavy atom. The van der Waals surface area contributed by atoms with Gasteiger partial charge in [-0.1, -0.05) is 36.4 Å². The zero-order valence-electron chi connectivity index (χ0n) is 13.7. The van der Waals surface area contributed by atoms with Gasteiger partial charge in [0.25, 0.3) is 0 Å². The molecular formula is C20H19ClN2O2. The maximum absolute atomic E-state index is 12.2. The van der Waals surface area contributed by atoms with Gasteiger partial charge < -0.3 is 10.6 Å². The van der Waals surface area contributed by atoms with Crippen molar-refractivity contribution >= 4 is 34.8 Å². The van der Waals surface area contributed by atoms with Gasteiger partial charge in [-0.15, -0.1) is 0 Å². The van der Waals surface area contributed by atoms with E-state index in [9.17, 15) is 9.59 Å². The molecule has 1 saturated carbocycles. The maximum Gasteiger partial charge on any atom is 0.247 e. The highest BCUT2D eigenvalue weighted by atomic mass is 35.5. The number of benzene rings is 2. The number of hydrogen-bond donors (Lipinski definition) is 2. The lowest BCUT2D eigenvalue weighted by atomic mass is 10.1. The van der Waals surface area contributed by atoms with Gasteiger partial charge in [0.2, 0.25) is 11.8 Å². The number of anilines is 2. The Bertz CT molecular complexity index is 811. The molecule has 4 nitrogen and oxygen atoms in total. The Balaban J connectivity index is 1.57. The van der Waals surface area contributed by atoms with Gasteiger partial charge in [0, 0.05) is 16.4 Å². The van der Waals surface area contributed by atoms with Gasteiger partial charge in [-0.25, -0.2) is 0 Å². The number of halogens is 1. The van der Waals surface area contributed by atoms with Crippen LogP contribution in [0.15, 0.2) is 55.1 Å². The molecule has 0 heterocycles. The summed E-state index contributed by atoms with van der Waals surface area (Å²) in [6.07, 6.45) is 3.84. The minimum Gasteiger partial charge on any atom is -0.326 e. The summed E-state index contributed by atoms with van der Waals surface area (Å²) in [6, 6.07) is 12.8. The van der Waals surface area contributed by atoms with E-state index in [-0.39, 0.29) is 18.2 Å². The molecule has 2 amide bonds. The molecule has 128 valence electrons. The molecular weight excluding hydrogens is 336 g/mol. The van der Waals surface area contributed by atoms with Crippen LogP contribution >= 0.6 is 11.6 Å². The van der Waals surface area contributed by atoms with Crippen molar-refractivity contribution in [3.8, 4) is 0 Å². The minimum atomic E-state index is -0.267. The molecule has 3 rings (SSSR count). The van der Waals surface area contributed by atoms with Crippen LogP contribution in [0.5, 0.6) is 0 Å². The lowest BCUT2D eigenvalue weighted by Crippen LogP contribution is -2.14. The molecule has 0 aliphatic heterocycles. The molecule has 2 aromatic rings. The summed E-state index contributed by atoms with van der Waals surface area (Å²) in [4.78, 5) is 23.4. The first-order valence-electron chi connectivity index (χ1n) is 8.17. The van der Waals surface area contributed by atoms with Gasteiger partial charge in [0.15, 0.2) is 0 Å². The first kappa shape index (κ1) is 17.2. The van der Waals surface area contributed by atoms with Crippen LogP contribution < -0.4 is 10.6 Å². The van der Waals surface area contributed by atoms with Gasteiger partial charge >= 0.3 is 0 Å². The predicted molar refractivity (Wildman–Crippen MR) is 101 cm³/mol. The number of carbonyl (C=O) groups is 2. The summed E-state index contributed by atoms with van der Waals surface area (Å²) in [5.41, 5.74) is 3.39. The van der Waals surface area contributed by atoms with Crippen LogP contribution in [0, 0.1) is 0 Å². The molecule has 5 heteroatoms. The Morgan fingerprint density at radius 1 is 1.08 bits per heavy atom. The van der Waals surface area contributed by atoms with Crippen molar-refractivity contribution in [2.24, 2.45) is 0 Å². The topological polar surface area (TPSA) is 58.2 Å². The van der Waals surface area contributed by atoms with Crippen LogP contribution in [0.4, 0.5) is 11.4 Å². The zero-order chi connectivity index (χ0) is 17.8. The second-order valence-electron chi connectivity index (χ2n) is 6.13. The molecule has 0 spiro atoms. The van der Waals surface area contributed by atoms with Gasteiger partial charge in [-0.3, -0.25) is 9.59 Å². The average Bonchev–Trinajstić information content (AvgIpc) is 3.41. The standard InChI is InChI=1S/C20H19ClN2O2/c1-2-19(24)22-15-7-3-13(4-8-15)11-20(25)23-16-9-10-17(14-5-6-14)18(21)12-16/h2-4,7-10,12,14H,1,5-6,11H2,(H,22,24)(H,23,25). The Kier molecular flexibility index (Phi) is 5.19. The van der Waals surface area contributed by atoms with Gasteiger partial charge in [0.05, 0.1) is 6.42 Å². The molecule has 0 saturated heterocycles. The van der Waals surface area contributed by atoms with Crippen LogP contribution in [-0.2, 0) is 16.0 Å². The first-order valence-corrected chi connectivity index (χ1v) is 8.54. The second-order valence-corrected chi connectivity index (χ2v) is 6.53. The number of rotatable bonds is 6. The van der Waals surface area contributed by atoms with Crippen molar-refractivity contribution in [2.45, 2.75) is 25.2 Å². The predicted octanol–water partition coefficient (Wildman–Crippen LogP) is 4.52. The van der Waals surface area contributed by atoms with Crippen molar-refractivity contribution in [1.82, 2.24) is 0 Å². The highest BCUT2D eigenvalue weighted by Crippen LogP contribution is 2.43. The Hall–Kier alpha value is -2.59. The van der Waals surface area contributed by atoms with E-state index in [1.807, 2.05) is 12.1 Å². The van der Waals surface area contributed by atoms with Crippen molar-refractivity contribution in [1.29, 1.82) is 0 Å². The van der Waals surface area contributed by atoms with E-state index in [2.05, 4.69) is 17.2 Å². The highest BCUT2D eigenvalue weighted by molar-refractivity contribution is 6.31. The van der Waals surface area contributed by atoms with Gasteiger partial charge in [-0.2, -0.15) is 0 Å². The zero-order valence-corrected chi connectivity index (χ0v) is 14.5. The van der Waals surface area contributed by atoms with Gasteiger partial charge in [-0.05, 0) is 60.2 Å². The summed E-state index contributed by atoms with van der Waals surface area (Å²) >= 11 is 6.29. The lowest BCUT2D eigenvalue weighted by Gasteiger charge is -2.09. The molecule has 25 heavy (non-hydrogen) atoms. The monoisotopic (exact) mass is 354 g/mol. The minimum absolute atomic E-state index is 0.113. The largest absolute Gasteiger partial charge is 0.326 e. The number of nitrogens with one attached hydrogen (secondary N) is 2. The second kappa shape index (κ2) is 7.53. The van der Waals surface area contributed by atoms with Crippen molar-refractivity contribution < 1.29 is 9.59 Å². The highest BCUT2D eigenvalue weighted by Gasteiger charge is 2.25. The SMILES string of the molecule is C=CC(=O)Nc1ccc(CC(=O)Nc2ccc(C3CC3)c(Cl)c2)cc1. The molecule has 1 aliphatic rings. The molecule has 2 aromatic carbocycles. The fraction of sp³-hybridized carbons (Fsp3) is 0.200. The van der Waals surface area contributed by atoms with E-state index in [1.165, 1.54) is 18.9 Å². The Labute approximate surface area is 151 Å². The number of hydrogen-bond acceptors (Lipinski definition) is 2. The quantitative estimate of drug-likeness (QED) is 0.749. The lowest BCUT2D eigenvalue weighted by molar-refractivity contribution is -0.115. The summed E-state index contributed by atoms with van der Waals surface area (Å²) in [6.45, 7) is 3.40. The number of carbonyl (C=O) groups excluding carboxylic acids is 2. The van der Waals surface area contributed by atoms with Crippen molar-refractivity contribution in [2.75, 3.05) is 10.6 Å². The van der Waals surface area contributed by atoms with E-state index >= 15 is 0 Å². The van der Waals surface area contributed by atoms with Crippen molar-refractivity contribution in [3.05, 3.63) is 71.3 Å². The Morgan fingerprint density at radius 3 is 2.36 bits per heavy atom. The fourth-order valence-electron chi connectivity index (χ4n) is 2.62. The van der Waals surface area contributed by atoms with Crippen LogP contribution in [0.3, 0.4) is 0 Å². The molecule has 0 atom stereocenters. The molecule has 0 radical (unpaired) electrons. The molecule has 0 unspecified atom stereocenters. The molecule has 1 aliphatic carbocycles. The summed E-state index contributed by atoms with van der Waals surface area (Å²) in [5, 5.41) is 6.24. The molecule has 0 aromatic heterocycles. The number of amides is 2. The van der Waals surface area contributed by atoms with Crippen LogP contribution in [0.25, 0.3) is 0 Å². The summed E-state index contributed by atoms with van der Waals surface area (Å²) < 4.78 is 0. The van der Waals surface area contributed by atoms with E-state index in [0.717, 1.165) is 11.1 Å².